The summed E-state index contributed by atoms with van der Waals surface area (Å²) in [6.45, 7) is 7.06. The van der Waals surface area contributed by atoms with E-state index in [2.05, 4.69) is 0 Å². The minimum atomic E-state index is -0.961. The van der Waals surface area contributed by atoms with Crippen LogP contribution in [0.25, 0.3) is 0 Å². The highest BCUT2D eigenvalue weighted by molar-refractivity contribution is 5.81. The third-order valence-electron chi connectivity index (χ3n) is 4.85. The molecule has 26 heavy (non-hydrogen) atoms. The van der Waals surface area contributed by atoms with Gasteiger partial charge in [0.2, 0.25) is 0 Å². The molecule has 0 aromatic rings. The third-order valence-corrected chi connectivity index (χ3v) is 4.85. The van der Waals surface area contributed by atoms with Crippen LogP contribution in [0.5, 0.6) is 0 Å². The van der Waals surface area contributed by atoms with Crippen LogP contribution in [0.4, 0.5) is 0 Å². The average Bonchev–Trinajstić information content (AvgIpc) is 3.15. The Balaban J connectivity index is 1.98. The van der Waals surface area contributed by atoms with Crippen molar-refractivity contribution in [3.05, 3.63) is 0 Å². The van der Waals surface area contributed by atoms with Gasteiger partial charge in [0.05, 0.1) is 23.7 Å². The Kier molecular flexibility index (Phi) is 5.93. The molecule has 0 spiro atoms. The van der Waals surface area contributed by atoms with E-state index in [0.717, 1.165) is 0 Å². The summed E-state index contributed by atoms with van der Waals surface area (Å²) in [6.07, 6.45) is -0.419. The Morgan fingerprint density at radius 1 is 0.962 bits per heavy atom. The van der Waals surface area contributed by atoms with Crippen molar-refractivity contribution in [2.75, 3.05) is 13.2 Å². The summed E-state index contributed by atoms with van der Waals surface area (Å²) in [5, 5.41) is 0. The van der Waals surface area contributed by atoms with Crippen molar-refractivity contribution in [1.29, 1.82) is 0 Å². The number of cyclic esters (lactones) is 2. The highest BCUT2D eigenvalue weighted by Crippen LogP contribution is 2.39. The van der Waals surface area contributed by atoms with Gasteiger partial charge in [-0.25, -0.2) is 0 Å². The number of carbonyl (C=O) groups excluding carboxylic acids is 4. The minimum Gasteiger partial charge on any atom is -0.462 e. The molecule has 2 rings (SSSR count). The molecule has 0 radical (unpaired) electrons. The van der Waals surface area contributed by atoms with Gasteiger partial charge in [0, 0.05) is 0 Å². The van der Waals surface area contributed by atoms with Crippen molar-refractivity contribution in [3.8, 4) is 0 Å². The highest BCUT2D eigenvalue weighted by atomic mass is 16.6. The van der Waals surface area contributed by atoms with Crippen LogP contribution in [0.2, 0.25) is 0 Å². The Bertz CT molecular complexity index is 596. The van der Waals surface area contributed by atoms with Crippen LogP contribution in [0, 0.1) is 10.8 Å². The molecule has 0 aliphatic carbocycles. The van der Waals surface area contributed by atoms with Crippen LogP contribution in [0.3, 0.4) is 0 Å². The molecule has 8 nitrogen and oxygen atoms in total. The Hall–Kier alpha value is -2.12. The van der Waals surface area contributed by atoms with Gasteiger partial charge in [0.25, 0.3) is 0 Å². The van der Waals surface area contributed by atoms with Gasteiger partial charge in [-0.05, 0) is 33.6 Å². The van der Waals surface area contributed by atoms with E-state index < -0.39 is 46.9 Å². The monoisotopic (exact) mass is 370 g/mol. The van der Waals surface area contributed by atoms with Gasteiger partial charge in [-0.15, -0.1) is 0 Å². The van der Waals surface area contributed by atoms with Gasteiger partial charge in [0.1, 0.15) is 25.4 Å². The molecule has 0 saturated carbocycles. The quantitative estimate of drug-likeness (QED) is 0.491. The van der Waals surface area contributed by atoms with E-state index in [4.69, 9.17) is 18.9 Å². The maximum Gasteiger partial charge on any atom is 0.312 e. The molecule has 8 heteroatoms. The second kappa shape index (κ2) is 7.63. The van der Waals surface area contributed by atoms with E-state index >= 15 is 0 Å². The van der Waals surface area contributed by atoms with Crippen LogP contribution in [-0.2, 0) is 38.1 Å². The zero-order valence-electron chi connectivity index (χ0n) is 15.7. The SMILES string of the molecule is CCC(C)(CC(C)(C)C(=O)OC1COC(=O)C1)C(=O)OC1COC(=O)C1. The molecule has 2 heterocycles. The maximum atomic E-state index is 12.6. The van der Waals surface area contributed by atoms with Gasteiger partial charge < -0.3 is 18.9 Å². The first-order chi connectivity index (χ1) is 12.1. The fourth-order valence-electron chi connectivity index (χ4n) is 3.12. The zero-order chi connectivity index (χ0) is 19.5. The summed E-state index contributed by atoms with van der Waals surface area (Å²) in [5.41, 5.74) is -1.88. The van der Waals surface area contributed by atoms with Gasteiger partial charge in [-0.2, -0.15) is 0 Å². The lowest BCUT2D eigenvalue weighted by Gasteiger charge is -2.34. The van der Waals surface area contributed by atoms with Gasteiger partial charge in [-0.3, -0.25) is 19.2 Å². The van der Waals surface area contributed by atoms with Gasteiger partial charge in [-0.1, -0.05) is 6.92 Å². The smallest absolute Gasteiger partial charge is 0.312 e. The molecular weight excluding hydrogens is 344 g/mol. The Morgan fingerprint density at radius 2 is 1.42 bits per heavy atom. The third kappa shape index (κ3) is 4.74. The summed E-state index contributed by atoms with van der Waals surface area (Å²) >= 11 is 0. The molecule has 146 valence electrons. The highest BCUT2D eigenvalue weighted by Gasteiger charge is 2.45. The summed E-state index contributed by atoms with van der Waals surface area (Å²) in [4.78, 5) is 47.4. The molecule has 0 amide bonds. The normalized spacial score (nSPS) is 25.2. The number of hydrogen-bond acceptors (Lipinski definition) is 8. The fourth-order valence-corrected chi connectivity index (χ4v) is 3.12. The van der Waals surface area contributed by atoms with Crippen LogP contribution in [0.1, 0.15) is 53.4 Å². The maximum absolute atomic E-state index is 12.6. The molecule has 0 aromatic heterocycles. The number of carbonyl (C=O) groups is 4. The van der Waals surface area contributed by atoms with Crippen molar-refractivity contribution < 1.29 is 38.1 Å². The number of hydrogen-bond donors (Lipinski definition) is 0. The predicted molar refractivity (Wildman–Crippen MR) is 87.7 cm³/mol. The predicted octanol–water partition coefficient (Wildman–Crippen LogP) is 1.54. The summed E-state index contributed by atoms with van der Waals surface area (Å²) in [5.74, 6) is -1.75. The summed E-state index contributed by atoms with van der Waals surface area (Å²) in [7, 11) is 0. The summed E-state index contributed by atoms with van der Waals surface area (Å²) in [6, 6.07) is 0. The summed E-state index contributed by atoms with van der Waals surface area (Å²) < 4.78 is 20.4. The zero-order valence-corrected chi connectivity index (χ0v) is 15.7. The largest absolute Gasteiger partial charge is 0.462 e. The number of rotatable bonds is 7. The second-order valence-electron chi connectivity index (χ2n) is 7.80. The first-order valence-corrected chi connectivity index (χ1v) is 8.79. The molecule has 2 aliphatic rings. The molecule has 0 bridgehead atoms. The van der Waals surface area contributed by atoms with Crippen molar-refractivity contribution in [2.45, 2.75) is 65.6 Å². The minimum absolute atomic E-state index is 0.0462. The Morgan fingerprint density at radius 3 is 1.81 bits per heavy atom. The van der Waals surface area contributed by atoms with Gasteiger partial charge in [0.15, 0.2) is 0 Å². The van der Waals surface area contributed by atoms with E-state index in [9.17, 15) is 19.2 Å². The van der Waals surface area contributed by atoms with Crippen LogP contribution < -0.4 is 0 Å². The molecule has 0 N–H and O–H groups in total. The lowest BCUT2D eigenvalue weighted by Crippen LogP contribution is -2.41. The van der Waals surface area contributed by atoms with E-state index in [1.54, 1.807) is 20.8 Å². The second-order valence-corrected chi connectivity index (χ2v) is 7.80. The van der Waals surface area contributed by atoms with Gasteiger partial charge >= 0.3 is 23.9 Å². The van der Waals surface area contributed by atoms with Crippen molar-refractivity contribution in [3.63, 3.8) is 0 Å². The van der Waals surface area contributed by atoms with Crippen molar-refractivity contribution >= 4 is 23.9 Å². The average molecular weight is 370 g/mol. The first kappa shape index (κ1) is 20.2. The first-order valence-electron chi connectivity index (χ1n) is 8.79. The topological polar surface area (TPSA) is 105 Å². The molecular formula is C18H26O8. The van der Waals surface area contributed by atoms with Crippen LogP contribution >= 0.6 is 0 Å². The van der Waals surface area contributed by atoms with Crippen molar-refractivity contribution in [1.82, 2.24) is 0 Å². The van der Waals surface area contributed by atoms with Crippen LogP contribution in [0.15, 0.2) is 0 Å². The number of ether oxygens (including phenoxy) is 4. The molecule has 3 unspecified atom stereocenters. The molecule has 2 aliphatic heterocycles. The fraction of sp³-hybridized carbons (Fsp3) is 0.778. The van der Waals surface area contributed by atoms with E-state index in [-0.39, 0.29) is 32.5 Å². The molecule has 3 atom stereocenters. The lowest BCUT2D eigenvalue weighted by molar-refractivity contribution is -0.169. The van der Waals surface area contributed by atoms with Crippen molar-refractivity contribution in [2.24, 2.45) is 10.8 Å². The lowest BCUT2D eigenvalue weighted by atomic mass is 9.72. The van der Waals surface area contributed by atoms with E-state index in [1.165, 1.54) is 0 Å². The Labute approximate surface area is 152 Å². The molecule has 0 aromatic carbocycles. The standard InChI is InChI=1S/C18H26O8/c1-5-18(4,16(22)26-12-7-14(20)24-9-12)10-17(2,3)15(21)25-11-6-13(19)23-8-11/h11-12H,5-10H2,1-4H3. The molecule has 2 fully saturated rings. The van der Waals surface area contributed by atoms with E-state index in [0.29, 0.717) is 6.42 Å². The molecule has 2 saturated heterocycles. The number of esters is 4. The van der Waals surface area contributed by atoms with E-state index in [1.807, 2.05) is 6.92 Å². The van der Waals surface area contributed by atoms with Crippen LogP contribution in [-0.4, -0.2) is 49.3 Å².